The molecule has 2 aromatic rings. The molecule has 0 amide bonds. The van der Waals surface area contributed by atoms with E-state index in [1.807, 2.05) is 11.3 Å². The quantitative estimate of drug-likeness (QED) is 0.654. The third-order valence-corrected chi connectivity index (χ3v) is 4.36. The van der Waals surface area contributed by atoms with Crippen molar-refractivity contribution in [3.63, 3.8) is 0 Å². The Bertz CT molecular complexity index is 486. The first kappa shape index (κ1) is 9.37. The van der Waals surface area contributed by atoms with Crippen LogP contribution >= 0.6 is 11.3 Å². The van der Waals surface area contributed by atoms with Crippen molar-refractivity contribution in [1.29, 1.82) is 0 Å². The van der Waals surface area contributed by atoms with Gasteiger partial charge < -0.3 is 4.90 Å². The molecule has 1 aliphatic rings. The third-order valence-electron chi connectivity index (χ3n) is 3.16. The Hall–Kier alpha value is -0.860. The smallest absolute Gasteiger partial charge is 0.0349 e. The second-order valence-corrected chi connectivity index (χ2v) is 5.48. The molecule has 2 heteroatoms. The average Bonchev–Trinajstić information content (AvgIpc) is 2.46. The number of hydrogen-bond acceptors (Lipinski definition) is 2. The molecule has 0 atom stereocenters. The minimum absolute atomic E-state index is 1.13. The van der Waals surface area contributed by atoms with E-state index in [9.17, 15) is 0 Å². The molecule has 0 N–H and O–H groups in total. The maximum absolute atomic E-state index is 2.43. The van der Waals surface area contributed by atoms with Gasteiger partial charge in [0.05, 0.1) is 0 Å². The highest BCUT2D eigenvalue weighted by Gasteiger charge is 2.16. The largest absolute Gasteiger partial charge is 0.301 e. The molecule has 0 aliphatic carbocycles. The molecule has 0 bridgehead atoms. The van der Waals surface area contributed by atoms with Crippen molar-refractivity contribution in [2.24, 2.45) is 0 Å². The van der Waals surface area contributed by atoms with Crippen LogP contribution in [0.4, 0.5) is 0 Å². The number of fused-ring (bicyclic) bond motifs is 3. The summed E-state index contributed by atoms with van der Waals surface area (Å²) in [7, 11) is 2.22. The molecule has 0 saturated carbocycles. The molecule has 78 valence electrons. The van der Waals surface area contributed by atoms with E-state index in [1.165, 1.54) is 29.5 Å². The number of benzene rings is 1. The summed E-state index contributed by atoms with van der Waals surface area (Å²) in [5.41, 5.74) is 1.61. The zero-order valence-electron chi connectivity index (χ0n) is 8.99. The Morgan fingerprint density at radius 1 is 1.27 bits per heavy atom. The summed E-state index contributed by atoms with van der Waals surface area (Å²) in [6.45, 7) is 2.37. The molecule has 1 aromatic heterocycles. The lowest BCUT2D eigenvalue weighted by Crippen LogP contribution is -2.16. The van der Waals surface area contributed by atoms with Gasteiger partial charge in [-0.3, -0.25) is 0 Å². The maximum atomic E-state index is 2.43. The molecule has 0 radical (unpaired) electrons. The fraction of sp³-hybridized carbons (Fsp3) is 0.385. The Labute approximate surface area is 94.3 Å². The number of hydrogen-bond donors (Lipinski definition) is 0. The van der Waals surface area contributed by atoms with Crippen LogP contribution in [0.1, 0.15) is 16.9 Å². The van der Waals surface area contributed by atoms with Crippen LogP contribution in [0.15, 0.2) is 24.3 Å². The van der Waals surface area contributed by atoms with E-state index in [1.54, 1.807) is 10.4 Å². The van der Waals surface area contributed by atoms with Crippen LogP contribution in [-0.4, -0.2) is 18.5 Å². The molecule has 2 heterocycles. The van der Waals surface area contributed by atoms with Gasteiger partial charge >= 0.3 is 0 Å². The van der Waals surface area contributed by atoms with Crippen molar-refractivity contribution in [2.75, 3.05) is 13.6 Å². The van der Waals surface area contributed by atoms with Gasteiger partial charge in [-0.25, -0.2) is 0 Å². The van der Waals surface area contributed by atoms with Crippen LogP contribution in [0.5, 0.6) is 0 Å². The molecule has 0 spiro atoms. The van der Waals surface area contributed by atoms with E-state index < -0.39 is 0 Å². The van der Waals surface area contributed by atoms with Crippen LogP contribution in [0.25, 0.3) is 10.1 Å². The summed E-state index contributed by atoms with van der Waals surface area (Å²) in [5, 5.41) is 1.49. The molecular weight excluding hydrogens is 202 g/mol. The van der Waals surface area contributed by atoms with E-state index in [0.29, 0.717) is 0 Å². The van der Waals surface area contributed by atoms with Gasteiger partial charge in [0.15, 0.2) is 0 Å². The minimum atomic E-state index is 1.13. The van der Waals surface area contributed by atoms with Crippen LogP contribution in [-0.2, 0) is 13.0 Å². The van der Waals surface area contributed by atoms with Crippen LogP contribution in [0, 0.1) is 0 Å². The van der Waals surface area contributed by atoms with Crippen LogP contribution in [0.3, 0.4) is 0 Å². The Balaban J connectivity index is 2.19. The van der Waals surface area contributed by atoms with Crippen molar-refractivity contribution >= 4 is 21.4 Å². The van der Waals surface area contributed by atoms with E-state index >= 15 is 0 Å². The summed E-state index contributed by atoms with van der Waals surface area (Å²) >= 11 is 1.98. The van der Waals surface area contributed by atoms with Crippen molar-refractivity contribution in [2.45, 2.75) is 19.4 Å². The van der Waals surface area contributed by atoms with Gasteiger partial charge in [-0.2, -0.15) is 0 Å². The van der Waals surface area contributed by atoms with Crippen LogP contribution < -0.4 is 0 Å². The molecule has 1 nitrogen and oxygen atoms in total. The van der Waals surface area contributed by atoms with Crippen molar-refractivity contribution in [1.82, 2.24) is 4.90 Å². The number of nitrogens with zero attached hydrogens (tertiary/aromatic N) is 1. The third kappa shape index (κ3) is 1.58. The Morgan fingerprint density at radius 3 is 3.07 bits per heavy atom. The maximum Gasteiger partial charge on any atom is 0.0349 e. The summed E-state index contributed by atoms with van der Waals surface area (Å²) in [5.74, 6) is 0. The van der Waals surface area contributed by atoms with Gasteiger partial charge in [-0.15, -0.1) is 11.3 Å². The number of rotatable bonds is 0. The lowest BCUT2D eigenvalue weighted by Gasteiger charge is -2.11. The Morgan fingerprint density at radius 2 is 2.13 bits per heavy atom. The number of aryl methyl sites for hydroxylation is 1. The molecule has 3 rings (SSSR count). The lowest BCUT2D eigenvalue weighted by atomic mass is 10.1. The van der Waals surface area contributed by atoms with Gasteiger partial charge in [-0.1, -0.05) is 18.2 Å². The van der Waals surface area contributed by atoms with Crippen molar-refractivity contribution in [3.05, 3.63) is 34.7 Å². The highest BCUT2D eigenvalue weighted by atomic mass is 32.1. The number of thiophene rings is 1. The van der Waals surface area contributed by atoms with Crippen LogP contribution in [0.2, 0.25) is 0 Å². The van der Waals surface area contributed by atoms with Gasteiger partial charge in [0.1, 0.15) is 0 Å². The predicted octanol–water partition coefficient (Wildman–Crippen LogP) is 3.28. The molecule has 1 aliphatic heterocycles. The average molecular weight is 217 g/mol. The molecular formula is C13H15NS. The zero-order chi connectivity index (χ0) is 10.3. The topological polar surface area (TPSA) is 3.24 Å². The van der Waals surface area contributed by atoms with Crippen molar-refractivity contribution < 1.29 is 0 Å². The van der Waals surface area contributed by atoms with Gasteiger partial charge in [-0.05, 0) is 43.5 Å². The predicted molar refractivity (Wildman–Crippen MR) is 66.5 cm³/mol. The fourth-order valence-electron chi connectivity index (χ4n) is 2.40. The van der Waals surface area contributed by atoms with Crippen molar-refractivity contribution in [3.8, 4) is 0 Å². The molecule has 0 saturated heterocycles. The van der Waals surface area contributed by atoms with Gasteiger partial charge in [0.25, 0.3) is 0 Å². The molecule has 0 unspecified atom stereocenters. The van der Waals surface area contributed by atoms with E-state index in [2.05, 4.69) is 36.2 Å². The van der Waals surface area contributed by atoms with E-state index in [4.69, 9.17) is 0 Å². The Kier molecular flexibility index (Phi) is 2.26. The second kappa shape index (κ2) is 3.62. The normalized spacial score (nSPS) is 17.7. The zero-order valence-corrected chi connectivity index (χ0v) is 9.81. The molecule has 1 aromatic carbocycles. The highest BCUT2D eigenvalue weighted by molar-refractivity contribution is 7.19. The lowest BCUT2D eigenvalue weighted by molar-refractivity contribution is 0.334. The second-order valence-electron chi connectivity index (χ2n) is 4.34. The SMILES string of the molecule is CN1CCCc2c(sc3ccccc23)C1. The highest BCUT2D eigenvalue weighted by Crippen LogP contribution is 2.34. The summed E-state index contributed by atoms with van der Waals surface area (Å²) in [6, 6.07) is 8.82. The standard InChI is InChI=1S/C13H15NS/c1-14-8-4-6-11-10-5-2-3-7-12(10)15-13(11)9-14/h2-3,5,7H,4,6,8-9H2,1H3. The van der Waals surface area contributed by atoms with Gasteiger partial charge in [0, 0.05) is 16.1 Å². The molecule has 0 fully saturated rings. The van der Waals surface area contributed by atoms with E-state index in [-0.39, 0.29) is 0 Å². The summed E-state index contributed by atoms with van der Waals surface area (Å²) < 4.78 is 1.46. The first-order chi connectivity index (χ1) is 7.34. The van der Waals surface area contributed by atoms with Gasteiger partial charge in [0.2, 0.25) is 0 Å². The molecule has 15 heavy (non-hydrogen) atoms. The fourth-order valence-corrected chi connectivity index (χ4v) is 3.73. The van der Waals surface area contributed by atoms with E-state index in [0.717, 1.165) is 6.54 Å². The summed E-state index contributed by atoms with van der Waals surface area (Å²) in [6.07, 6.45) is 2.55. The summed E-state index contributed by atoms with van der Waals surface area (Å²) in [4.78, 5) is 4.01. The first-order valence-electron chi connectivity index (χ1n) is 5.52. The monoisotopic (exact) mass is 217 g/mol. The first-order valence-corrected chi connectivity index (χ1v) is 6.34. The minimum Gasteiger partial charge on any atom is -0.301 e.